The summed E-state index contributed by atoms with van der Waals surface area (Å²) in [4.78, 5) is 32.8. The molecule has 0 saturated carbocycles. The van der Waals surface area contributed by atoms with Crippen molar-refractivity contribution in [1.82, 2.24) is 9.88 Å². The molecular weight excluding hydrogens is 452 g/mol. The molecule has 0 atom stereocenters. The van der Waals surface area contributed by atoms with Crippen LogP contribution in [0, 0.1) is 5.82 Å². The molecule has 0 spiro atoms. The molecule has 0 unspecified atom stereocenters. The van der Waals surface area contributed by atoms with Crippen molar-refractivity contribution in [2.24, 2.45) is 0 Å². The average Bonchev–Trinajstić information content (AvgIpc) is 2.83. The summed E-state index contributed by atoms with van der Waals surface area (Å²) < 4.78 is 52.9. The van der Waals surface area contributed by atoms with E-state index in [2.05, 4.69) is 10.3 Å². The van der Waals surface area contributed by atoms with Crippen LogP contribution in [0.3, 0.4) is 0 Å². The van der Waals surface area contributed by atoms with Crippen LogP contribution in [-0.2, 0) is 6.18 Å². The number of piperazine rings is 1. The molecule has 10 heteroatoms. The number of carbonyl (C=O) groups is 2. The van der Waals surface area contributed by atoms with Gasteiger partial charge in [-0.25, -0.2) is 9.37 Å². The Morgan fingerprint density at radius 1 is 0.912 bits per heavy atom. The van der Waals surface area contributed by atoms with Crippen LogP contribution in [0.15, 0.2) is 66.9 Å². The Morgan fingerprint density at radius 3 is 2.29 bits per heavy atom. The van der Waals surface area contributed by atoms with Crippen molar-refractivity contribution in [3.63, 3.8) is 0 Å². The van der Waals surface area contributed by atoms with E-state index in [1.165, 1.54) is 36.5 Å². The number of halogens is 4. The van der Waals surface area contributed by atoms with Gasteiger partial charge in [0.05, 0.1) is 23.0 Å². The molecule has 3 aromatic rings. The summed E-state index contributed by atoms with van der Waals surface area (Å²) in [6.07, 6.45) is -3.28. The first kappa shape index (κ1) is 23.2. The van der Waals surface area contributed by atoms with E-state index in [-0.39, 0.29) is 11.6 Å². The van der Waals surface area contributed by atoms with Crippen LogP contribution < -0.4 is 10.2 Å². The molecule has 4 rings (SSSR count). The zero-order valence-electron chi connectivity index (χ0n) is 17.8. The molecule has 2 heterocycles. The van der Waals surface area contributed by atoms with Crippen LogP contribution in [0.2, 0.25) is 0 Å². The van der Waals surface area contributed by atoms with Crippen molar-refractivity contribution in [3.05, 3.63) is 89.4 Å². The van der Waals surface area contributed by atoms with Gasteiger partial charge in [-0.15, -0.1) is 0 Å². The van der Waals surface area contributed by atoms with E-state index in [4.69, 9.17) is 0 Å². The number of rotatable bonds is 4. The van der Waals surface area contributed by atoms with Gasteiger partial charge in [-0.1, -0.05) is 18.2 Å². The molecule has 1 N–H and O–H groups in total. The van der Waals surface area contributed by atoms with Crippen molar-refractivity contribution in [3.8, 4) is 0 Å². The number of nitrogens with zero attached hydrogens (tertiary/aromatic N) is 3. The average molecular weight is 472 g/mol. The minimum Gasteiger partial charge on any atom is -0.353 e. The van der Waals surface area contributed by atoms with Gasteiger partial charge in [0.25, 0.3) is 11.8 Å². The summed E-state index contributed by atoms with van der Waals surface area (Å²) in [6.45, 7) is 1.84. The Balaban J connectivity index is 1.37. The third kappa shape index (κ3) is 5.16. The SMILES string of the molecule is O=C(Nc1ccc(N2CCN(C(=O)c3cccc(F)c3)CC2)nc1)c1ccccc1C(F)(F)F. The summed E-state index contributed by atoms with van der Waals surface area (Å²) in [5, 5.41) is 2.44. The highest BCUT2D eigenvalue weighted by atomic mass is 19.4. The number of nitrogens with one attached hydrogen (secondary N) is 1. The van der Waals surface area contributed by atoms with Crippen molar-refractivity contribution < 1.29 is 27.2 Å². The van der Waals surface area contributed by atoms with E-state index in [9.17, 15) is 27.2 Å². The second kappa shape index (κ2) is 9.50. The first-order valence-corrected chi connectivity index (χ1v) is 10.5. The van der Waals surface area contributed by atoms with Crippen LogP contribution in [0.5, 0.6) is 0 Å². The molecular formula is C24H20F4N4O2. The molecule has 0 aliphatic carbocycles. The molecule has 1 aromatic heterocycles. The zero-order valence-corrected chi connectivity index (χ0v) is 17.8. The second-order valence-electron chi connectivity index (χ2n) is 7.69. The third-order valence-electron chi connectivity index (χ3n) is 5.45. The fraction of sp³-hybridized carbons (Fsp3) is 0.208. The molecule has 1 fully saturated rings. The van der Waals surface area contributed by atoms with E-state index < -0.39 is 29.0 Å². The van der Waals surface area contributed by atoms with Gasteiger partial charge >= 0.3 is 6.18 Å². The number of hydrogen-bond donors (Lipinski definition) is 1. The van der Waals surface area contributed by atoms with Gasteiger partial charge in [0.2, 0.25) is 0 Å². The predicted octanol–water partition coefficient (Wildman–Crippen LogP) is 4.45. The van der Waals surface area contributed by atoms with Crippen LogP contribution >= 0.6 is 0 Å². The lowest BCUT2D eigenvalue weighted by molar-refractivity contribution is -0.137. The lowest BCUT2D eigenvalue weighted by atomic mass is 10.1. The van der Waals surface area contributed by atoms with Crippen molar-refractivity contribution in [2.75, 3.05) is 36.4 Å². The van der Waals surface area contributed by atoms with E-state index in [0.29, 0.717) is 37.6 Å². The summed E-state index contributed by atoms with van der Waals surface area (Å²) in [5.41, 5.74) is -0.940. The van der Waals surface area contributed by atoms with Gasteiger partial charge in [-0.05, 0) is 42.5 Å². The number of pyridine rings is 1. The van der Waals surface area contributed by atoms with Crippen LogP contribution in [-0.4, -0.2) is 47.9 Å². The van der Waals surface area contributed by atoms with Crippen molar-refractivity contribution >= 4 is 23.3 Å². The molecule has 2 aromatic carbocycles. The highest BCUT2D eigenvalue weighted by molar-refractivity contribution is 6.05. The fourth-order valence-electron chi connectivity index (χ4n) is 3.72. The molecule has 1 aliphatic rings. The maximum absolute atomic E-state index is 13.4. The molecule has 1 aliphatic heterocycles. The van der Waals surface area contributed by atoms with Gasteiger partial charge in [-0.2, -0.15) is 13.2 Å². The largest absolute Gasteiger partial charge is 0.417 e. The Labute approximate surface area is 192 Å². The van der Waals surface area contributed by atoms with E-state index in [1.807, 2.05) is 4.90 Å². The van der Waals surface area contributed by atoms with Crippen LogP contribution in [0.25, 0.3) is 0 Å². The van der Waals surface area contributed by atoms with Gasteiger partial charge in [0.1, 0.15) is 11.6 Å². The topological polar surface area (TPSA) is 65.5 Å². The summed E-state index contributed by atoms with van der Waals surface area (Å²) in [5.74, 6) is -0.995. The van der Waals surface area contributed by atoms with Gasteiger partial charge in [0.15, 0.2) is 0 Å². The second-order valence-corrected chi connectivity index (χ2v) is 7.69. The Kier molecular flexibility index (Phi) is 6.49. The molecule has 2 amide bonds. The van der Waals surface area contributed by atoms with Gasteiger partial charge in [0, 0.05) is 31.7 Å². The Hall–Kier alpha value is -3.95. The maximum atomic E-state index is 13.4. The highest BCUT2D eigenvalue weighted by Crippen LogP contribution is 2.32. The summed E-state index contributed by atoms with van der Waals surface area (Å²) in [7, 11) is 0. The smallest absolute Gasteiger partial charge is 0.353 e. The fourth-order valence-corrected chi connectivity index (χ4v) is 3.72. The molecule has 0 radical (unpaired) electrons. The number of hydrogen-bond acceptors (Lipinski definition) is 4. The normalized spacial score (nSPS) is 14.1. The number of aromatic nitrogens is 1. The highest BCUT2D eigenvalue weighted by Gasteiger charge is 2.34. The van der Waals surface area contributed by atoms with E-state index >= 15 is 0 Å². The number of alkyl halides is 3. The first-order chi connectivity index (χ1) is 16.2. The van der Waals surface area contributed by atoms with Gasteiger partial charge < -0.3 is 15.1 Å². The van der Waals surface area contributed by atoms with Gasteiger partial charge in [-0.3, -0.25) is 9.59 Å². The third-order valence-corrected chi connectivity index (χ3v) is 5.45. The van der Waals surface area contributed by atoms with E-state index in [1.54, 1.807) is 23.1 Å². The quantitative estimate of drug-likeness (QED) is 0.570. The minimum absolute atomic E-state index is 0.246. The number of carbonyl (C=O) groups excluding carboxylic acids is 2. The van der Waals surface area contributed by atoms with Crippen molar-refractivity contribution in [2.45, 2.75) is 6.18 Å². The monoisotopic (exact) mass is 472 g/mol. The van der Waals surface area contributed by atoms with Crippen LogP contribution in [0.1, 0.15) is 26.3 Å². The molecule has 176 valence electrons. The molecule has 6 nitrogen and oxygen atoms in total. The van der Waals surface area contributed by atoms with Crippen LogP contribution in [0.4, 0.5) is 29.1 Å². The summed E-state index contributed by atoms with van der Waals surface area (Å²) in [6, 6.07) is 13.3. The van der Waals surface area contributed by atoms with E-state index in [0.717, 1.165) is 12.1 Å². The predicted molar refractivity (Wildman–Crippen MR) is 118 cm³/mol. The lowest BCUT2D eigenvalue weighted by Crippen LogP contribution is -2.49. The molecule has 0 bridgehead atoms. The molecule has 1 saturated heterocycles. The number of anilines is 2. The summed E-state index contributed by atoms with van der Waals surface area (Å²) >= 11 is 0. The molecule has 34 heavy (non-hydrogen) atoms. The Morgan fingerprint density at radius 2 is 1.65 bits per heavy atom. The standard InChI is InChI=1S/C24H20F4N4O2/c25-17-5-3-4-16(14-17)23(34)32-12-10-31(11-13-32)21-9-8-18(15-29-21)30-22(33)19-6-1-2-7-20(19)24(26,27)28/h1-9,14-15H,10-13H2,(H,30,33). The number of amides is 2. The Bertz CT molecular complexity index is 1190. The lowest BCUT2D eigenvalue weighted by Gasteiger charge is -2.35. The number of benzene rings is 2. The zero-order chi connectivity index (χ0) is 24.3. The maximum Gasteiger partial charge on any atom is 0.417 e. The van der Waals surface area contributed by atoms with Crippen molar-refractivity contribution in [1.29, 1.82) is 0 Å². The minimum atomic E-state index is -4.64. The first-order valence-electron chi connectivity index (χ1n) is 10.5.